The fraction of sp³-hybridized carbons (Fsp3) is 1.00. The lowest BCUT2D eigenvalue weighted by Crippen LogP contribution is -2.56. The van der Waals surface area contributed by atoms with Crippen LogP contribution in [0.2, 0.25) is 0 Å². The summed E-state index contributed by atoms with van der Waals surface area (Å²) >= 11 is 0. The Kier molecular flexibility index (Phi) is 4.08. The first-order chi connectivity index (χ1) is 11.0. The third kappa shape index (κ3) is 2.51. The minimum atomic E-state index is 0.641. The Balaban J connectivity index is 1.45. The van der Waals surface area contributed by atoms with E-state index in [2.05, 4.69) is 37.5 Å². The smallest absolute Gasteiger partial charge is 0.0216 e. The van der Waals surface area contributed by atoms with Gasteiger partial charge in [-0.05, 0) is 103 Å². The van der Waals surface area contributed by atoms with Crippen molar-refractivity contribution in [1.29, 1.82) is 0 Å². The van der Waals surface area contributed by atoms with Gasteiger partial charge in [0, 0.05) is 23.7 Å². The van der Waals surface area contributed by atoms with Gasteiger partial charge >= 0.3 is 0 Å². The molecule has 0 aromatic heterocycles. The summed E-state index contributed by atoms with van der Waals surface area (Å²) < 4.78 is 0. The molecule has 2 nitrogen and oxygen atoms in total. The molecule has 0 radical (unpaired) electrons. The number of likely N-dealkylation sites (tertiary alicyclic amines) is 2. The van der Waals surface area contributed by atoms with Crippen molar-refractivity contribution in [2.24, 2.45) is 11.3 Å². The summed E-state index contributed by atoms with van der Waals surface area (Å²) in [5, 5.41) is 0. The molecule has 2 aliphatic heterocycles. The van der Waals surface area contributed by atoms with E-state index in [4.69, 9.17) is 0 Å². The van der Waals surface area contributed by atoms with E-state index in [1.807, 2.05) is 0 Å². The van der Waals surface area contributed by atoms with Crippen molar-refractivity contribution in [1.82, 2.24) is 9.80 Å². The molecular weight excluding hydrogens is 280 g/mol. The van der Waals surface area contributed by atoms with Gasteiger partial charge in [0.2, 0.25) is 0 Å². The Bertz CT molecular complexity index is 431. The molecule has 0 N–H and O–H groups in total. The van der Waals surface area contributed by atoms with Gasteiger partial charge in [-0.15, -0.1) is 0 Å². The number of rotatable bonds is 4. The normalized spacial score (nSPS) is 37.4. The molecule has 2 heterocycles. The monoisotopic (exact) mass is 318 g/mol. The van der Waals surface area contributed by atoms with Crippen molar-refractivity contribution >= 4 is 0 Å². The van der Waals surface area contributed by atoms with Gasteiger partial charge < -0.3 is 4.90 Å². The Morgan fingerprint density at radius 2 is 1.70 bits per heavy atom. The number of hydrogen-bond donors (Lipinski definition) is 0. The van der Waals surface area contributed by atoms with E-state index < -0.39 is 0 Å². The fourth-order valence-electron chi connectivity index (χ4n) is 6.50. The van der Waals surface area contributed by atoms with Gasteiger partial charge in [-0.3, -0.25) is 4.90 Å². The van der Waals surface area contributed by atoms with Crippen molar-refractivity contribution in [3.05, 3.63) is 0 Å². The molecule has 4 rings (SSSR count). The van der Waals surface area contributed by atoms with Crippen LogP contribution < -0.4 is 0 Å². The lowest BCUT2D eigenvalue weighted by molar-refractivity contribution is -0.0133. The van der Waals surface area contributed by atoms with Gasteiger partial charge in [0.15, 0.2) is 0 Å². The molecular formula is C21H38N2. The summed E-state index contributed by atoms with van der Waals surface area (Å²) in [5.41, 5.74) is 1.39. The lowest BCUT2D eigenvalue weighted by atomic mass is 9.74. The molecule has 0 aromatic carbocycles. The third-order valence-electron chi connectivity index (χ3n) is 8.40. The zero-order chi connectivity index (χ0) is 16.2. The maximum absolute atomic E-state index is 3.06. The maximum Gasteiger partial charge on any atom is 0.0216 e. The molecule has 2 spiro atoms. The first kappa shape index (κ1) is 16.4. The van der Waals surface area contributed by atoms with Gasteiger partial charge in [-0.2, -0.15) is 0 Å². The van der Waals surface area contributed by atoms with E-state index in [1.165, 1.54) is 64.5 Å². The van der Waals surface area contributed by atoms with Crippen LogP contribution in [0.25, 0.3) is 0 Å². The van der Waals surface area contributed by atoms with E-state index in [9.17, 15) is 0 Å². The van der Waals surface area contributed by atoms with Gasteiger partial charge in [0.25, 0.3) is 0 Å². The van der Waals surface area contributed by atoms with Crippen LogP contribution in [0, 0.1) is 11.3 Å². The number of nitrogens with zero attached hydrogens (tertiary/aromatic N) is 2. The van der Waals surface area contributed by atoms with Crippen LogP contribution in [0.5, 0.6) is 0 Å². The standard InChI is InChI=1S/C21H38N2/c1-5-17(4)23-19(7-10-21(23)8-6-9-21)18-15-20(18)11-13-22(14-12-20)16(2)3/h16-19H,5-15H2,1-4H3. The summed E-state index contributed by atoms with van der Waals surface area (Å²) in [6.45, 7) is 12.4. The SMILES string of the molecule is CCC(C)N1C(C2CC23CCN(C(C)C)CC3)CCC12CCC2. The minimum Gasteiger partial charge on any atom is -0.301 e. The van der Waals surface area contributed by atoms with Crippen LogP contribution in [-0.2, 0) is 0 Å². The average molecular weight is 319 g/mol. The van der Waals surface area contributed by atoms with E-state index >= 15 is 0 Å². The average Bonchev–Trinajstić information content (AvgIpc) is 3.04. The second-order valence-corrected chi connectivity index (χ2v) is 9.65. The maximum atomic E-state index is 3.06. The summed E-state index contributed by atoms with van der Waals surface area (Å²) in [7, 11) is 0. The van der Waals surface area contributed by atoms with Crippen LogP contribution in [-0.4, -0.2) is 46.6 Å². The second kappa shape index (κ2) is 5.73. The van der Waals surface area contributed by atoms with Crippen LogP contribution >= 0.6 is 0 Å². The highest BCUT2D eigenvalue weighted by molar-refractivity contribution is 5.16. The minimum absolute atomic E-state index is 0.641. The summed E-state index contributed by atoms with van der Waals surface area (Å²) in [6, 6.07) is 2.47. The van der Waals surface area contributed by atoms with Crippen LogP contribution in [0.3, 0.4) is 0 Å². The molecule has 4 aliphatic rings. The second-order valence-electron chi connectivity index (χ2n) is 9.65. The van der Waals surface area contributed by atoms with Crippen LogP contribution in [0.15, 0.2) is 0 Å². The van der Waals surface area contributed by atoms with Gasteiger partial charge in [-0.1, -0.05) is 6.92 Å². The first-order valence-electron chi connectivity index (χ1n) is 10.5. The predicted octanol–water partition coefficient (Wildman–Crippen LogP) is 4.68. The van der Waals surface area contributed by atoms with Gasteiger partial charge in [0.1, 0.15) is 0 Å². The summed E-state index contributed by atoms with van der Waals surface area (Å²) in [4.78, 5) is 5.76. The molecule has 23 heavy (non-hydrogen) atoms. The third-order valence-corrected chi connectivity index (χ3v) is 8.40. The van der Waals surface area contributed by atoms with E-state index in [0.29, 0.717) is 5.54 Å². The molecule has 3 atom stereocenters. The topological polar surface area (TPSA) is 6.48 Å². The molecule has 2 saturated carbocycles. The molecule has 4 fully saturated rings. The summed E-state index contributed by atoms with van der Waals surface area (Å²) in [6.07, 6.45) is 13.3. The predicted molar refractivity (Wildman–Crippen MR) is 97.7 cm³/mol. The fourth-order valence-corrected chi connectivity index (χ4v) is 6.50. The van der Waals surface area contributed by atoms with Gasteiger partial charge in [0.05, 0.1) is 0 Å². The molecule has 0 bridgehead atoms. The Hall–Kier alpha value is -0.0800. The zero-order valence-corrected chi connectivity index (χ0v) is 16.0. The van der Waals surface area contributed by atoms with E-state index in [1.54, 1.807) is 6.42 Å². The Labute approximate surface area is 144 Å². The molecule has 2 heteroatoms. The molecule has 2 aliphatic carbocycles. The number of piperidine rings is 1. The Morgan fingerprint density at radius 1 is 1.00 bits per heavy atom. The van der Waals surface area contributed by atoms with Crippen LogP contribution in [0.1, 0.15) is 85.5 Å². The van der Waals surface area contributed by atoms with Gasteiger partial charge in [-0.25, -0.2) is 0 Å². The summed E-state index contributed by atoms with van der Waals surface area (Å²) in [5.74, 6) is 1.03. The van der Waals surface area contributed by atoms with Crippen molar-refractivity contribution in [3.63, 3.8) is 0 Å². The van der Waals surface area contributed by atoms with Crippen molar-refractivity contribution in [3.8, 4) is 0 Å². The molecule has 132 valence electrons. The first-order valence-corrected chi connectivity index (χ1v) is 10.5. The van der Waals surface area contributed by atoms with Crippen molar-refractivity contribution < 1.29 is 0 Å². The molecule has 2 saturated heterocycles. The van der Waals surface area contributed by atoms with Crippen molar-refractivity contribution in [2.75, 3.05) is 13.1 Å². The highest BCUT2D eigenvalue weighted by atomic mass is 15.3. The molecule has 3 unspecified atom stereocenters. The van der Waals surface area contributed by atoms with E-state index in [-0.39, 0.29) is 0 Å². The Morgan fingerprint density at radius 3 is 2.22 bits per heavy atom. The lowest BCUT2D eigenvalue weighted by Gasteiger charge is -2.51. The van der Waals surface area contributed by atoms with Crippen LogP contribution in [0.4, 0.5) is 0 Å². The quantitative estimate of drug-likeness (QED) is 0.742. The van der Waals surface area contributed by atoms with Crippen molar-refractivity contribution in [2.45, 2.75) is 109 Å². The highest BCUT2D eigenvalue weighted by Gasteiger charge is 2.63. The highest BCUT2D eigenvalue weighted by Crippen LogP contribution is 2.65. The molecule has 0 aromatic rings. The molecule has 0 amide bonds. The zero-order valence-electron chi connectivity index (χ0n) is 16.0. The number of hydrogen-bond acceptors (Lipinski definition) is 2. The largest absolute Gasteiger partial charge is 0.301 e. The van der Waals surface area contributed by atoms with E-state index in [0.717, 1.165) is 29.5 Å².